The van der Waals surface area contributed by atoms with E-state index in [1.165, 1.54) is 11.8 Å². The maximum absolute atomic E-state index is 13.3. The van der Waals surface area contributed by atoms with Crippen molar-refractivity contribution in [3.63, 3.8) is 0 Å². The second kappa shape index (κ2) is 13.0. The molecule has 1 aliphatic heterocycles. The average molecular weight is 511 g/mol. The molecule has 6 nitrogen and oxygen atoms in total. The minimum absolute atomic E-state index is 0.0171. The number of benzene rings is 2. The molecule has 0 bridgehead atoms. The normalized spacial score (nSPS) is 15.3. The van der Waals surface area contributed by atoms with Gasteiger partial charge in [-0.15, -0.1) is 0 Å². The second-order valence-corrected chi connectivity index (χ2v) is 9.06. The van der Waals surface area contributed by atoms with Crippen molar-refractivity contribution < 1.29 is 19.1 Å². The van der Waals surface area contributed by atoms with Crippen LogP contribution in [0.2, 0.25) is 5.02 Å². The lowest BCUT2D eigenvalue weighted by Gasteiger charge is -2.31. The van der Waals surface area contributed by atoms with Gasteiger partial charge in [0.1, 0.15) is 0 Å². The molecule has 1 heterocycles. The van der Waals surface area contributed by atoms with Crippen molar-refractivity contribution in [1.29, 1.82) is 5.26 Å². The number of nitrogens with one attached hydrogen (secondary N) is 1. The Balaban J connectivity index is 2.12. The Kier molecular flexibility index (Phi) is 9.83. The van der Waals surface area contributed by atoms with Crippen LogP contribution in [0.4, 0.5) is 0 Å². The molecule has 3 rings (SSSR count). The number of hydrogen-bond acceptors (Lipinski definition) is 7. The lowest BCUT2D eigenvalue weighted by molar-refractivity contribution is -0.140. The van der Waals surface area contributed by atoms with Gasteiger partial charge in [0, 0.05) is 5.02 Å². The highest BCUT2D eigenvalue weighted by Crippen LogP contribution is 2.45. The summed E-state index contributed by atoms with van der Waals surface area (Å²) in [6.45, 7) is 4.29. The summed E-state index contributed by atoms with van der Waals surface area (Å²) in [5.41, 5.74) is 2.43. The molecule has 0 saturated heterocycles. The number of carbonyl (C=O) groups is 2. The van der Waals surface area contributed by atoms with E-state index in [4.69, 9.17) is 21.1 Å². The van der Waals surface area contributed by atoms with Gasteiger partial charge in [0.05, 0.1) is 52.8 Å². The smallest absolute Gasteiger partial charge is 0.337 e. The van der Waals surface area contributed by atoms with Crippen LogP contribution < -0.4 is 5.32 Å². The van der Waals surface area contributed by atoms with Gasteiger partial charge in [-0.25, -0.2) is 4.79 Å². The van der Waals surface area contributed by atoms with Crippen LogP contribution in [0.3, 0.4) is 0 Å². The van der Waals surface area contributed by atoms with E-state index in [1.807, 2.05) is 37.3 Å². The molecule has 2 aromatic carbocycles. The van der Waals surface area contributed by atoms with Crippen LogP contribution in [-0.2, 0) is 19.1 Å². The number of nitriles is 1. The molecule has 0 spiro atoms. The van der Waals surface area contributed by atoms with Crippen molar-refractivity contribution in [3.05, 3.63) is 86.9 Å². The highest BCUT2D eigenvalue weighted by molar-refractivity contribution is 8.03. The van der Waals surface area contributed by atoms with Gasteiger partial charge >= 0.3 is 11.9 Å². The predicted octanol–water partition coefficient (Wildman–Crippen LogP) is 5.81. The number of ether oxygens (including phenoxy) is 2. The topological polar surface area (TPSA) is 88.4 Å². The summed E-state index contributed by atoms with van der Waals surface area (Å²) in [5, 5.41) is 14.4. The molecule has 0 aromatic heterocycles. The summed E-state index contributed by atoms with van der Waals surface area (Å²) in [7, 11) is 0. The molecule has 0 radical (unpaired) electrons. The van der Waals surface area contributed by atoms with Gasteiger partial charge < -0.3 is 14.8 Å². The molecule has 35 heavy (non-hydrogen) atoms. The number of allylic oxidation sites excluding steroid dienone is 1. The number of rotatable bonds is 10. The van der Waals surface area contributed by atoms with E-state index < -0.39 is 11.9 Å². The highest BCUT2D eigenvalue weighted by Gasteiger charge is 2.38. The fourth-order valence-corrected chi connectivity index (χ4v) is 4.77. The maximum Gasteiger partial charge on any atom is 0.337 e. The summed E-state index contributed by atoms with van der Waals surface area (Å²) in [4.78, 5) is 25.6. The Bertz CT molecular complexity index is 1170. The Morgan fingerprint density at radius 3 is 2.46 bits per heavy atom. The maximum atomic E-state index is 13.3. The van der Waals surface area contributed by atoms with Gasteiger partial charge in [-0.3, -0.25) is 4.79 Å². The van der Waals surface area contributed by atoms with E-state index in [1.54, 1.807) is 31.2 Å². The van der Waals surface area contributed by atoms with E-state index in [-0.39, 0.29) is 29.5 Å². The third-order valence-electron chi connectivity index (χ3n) is 5.32. The first-order valence-electron chi connectivity index (χ1n) is 11.4. The molecular weight excluding hydrogens is 484 g/mol. The summed E-state index contributed by atoms with van der Waals surface area (Å²) in [6, 6.07) is 18.7. The van der Waals surface area contributed by atoms with Crippen LogP contribution in [0.25, 0.3) is 5.70 Å². The van der Waals surface area contributed by atoms with Crippen molar-refractivity contribution in [2.75, 3.05) is 19.0 Å². The number of thioether (sulfide) groups is 1. The number of nitrogens with zero attached hydrogens (tertiary/aromatic N) is 1. The van der Waals surface area contributed by atoms with E-state index in [2.05, 4.69) is 11.4 Å². The van der Waals surface area contributed by atoms with Gasteiger partial charge in [-0.2, -0.15) is 5.26 Å². The molecule has 0 aliphatic carbocycles. The van der Waals surface area contributed by atoms with Gasteiger partial charge in [0.15, 0.2) is 0 Å². The Labute approximate surface area is 214 Å². The summed E-state index contributed by atoms with van der Waals surface area (Å²) in [5.74, 6) is -1.67. The molecule has 0 unspecified atom stereocenters. The molecular formula is C27H27ClN2O4S. The van der Waals surface area contributed by atoms with Gasteiger partial charge in [-0.1, -0.05) is 85.2 Å². The van der Waals surface area contributed by atoms with Crippen LogP contribution >= 0.6 is 23.4 Å². The standard InChI is InChI=1S/C27H27ClN2O4S/c1-3-5-15-34-22(31)17-35-26-20(16-29)23(19-13-9-10-14-21(19)28)24(27(32)33-4-2)25(30-26)18-11-7-6-8-12-18/h6-14,23,30H,3-5,15,17H2,1-2H3/t23-/m0/s1. The molecule has 0 saturated carbocycles. The largest absolute Gasteiger partial charge is 0.465 e. The summed E-state index contributed by atoms with van der Waals surface area (Å²) in [6.07, 6.45) is 1.71. The quantitative estimate of drug-likeness (QED) is 0.318. The van der Waals surface area contributed by atoms with Crippen LogP contribution in [0.5, 0.6) is 0 Å². The first kappa shape index (κ1) is 26.4. The van der Waals surface area contributed by atoms with Crippen LogP contribution in [0.15, 0.2) is 70.8 Å². The summed E-state index contributed by atoms with van der Waals surface area (Å²) >= 11 is 7.73. The Morgan fingerprint density at radius 2 is 1.80 bits per heavy atom. The third-order valence-corrected chi connectivity index (χ3v) is 6.65. The predicted molar refractivity (Wildman–Crippen MR) is 138 cm³/mol. The number of unbranched alkanes of at least 4 members (excludes halogenated alkanes) is 1. The van der Waals surface area contributed by atoms with Gasteiger partial charge in [-0.05, 0) is 30.5 Å². The number of hydrogen-bond donors (Lipinski definition) is 1. The fraction of sp³-hybridized carbons (Fsp3) is 0.296. The van der Waals surface area contributed by atoms with E-state index in [0.29, 0.717) is 27.9 Å². The summed E-state index contributed by atoms with van der Waals surface area (Å²) < 4.78 is 10.7. The molecule has 0 fully saturated rings. The third kappa shape index (κ3) is 6.47. The molecule has 1 atom stereocenters. The minimum Gasteiger partial charge on any atom is -0.465 e. The number of halogens is 1. The zero-order chi connectivity index (χ0) is 25.2. The van der Waals surface area contributed by atoms with Crippen LogP contribution in [-0.4, -0.2) is 30.9 Å². The molecule has 1 N–H and O–H groups in total. The molecule has 2 aromatic rings. The minimum atomic E-state index is -0.775. The average Bonchev–Trinajstić information content (AvgIpc) is 2.87. The zero-order valence-electron chi connectivity index (χ0n) is 19.7. The van der Waals surface area contributed by atoms with Crippen molar-refractivity contribution in [2.45, 2.75) is 32.6 Å². The highest BCUT2D eigenvalue weighted by atomic mass is 35.5. The van der Waals surface area contributed by atoms with Crippen molar-refractivity contribution in [3.8, 4) is 6.07 Å². The van der Waals surface area contributed by atoms with E-state index in [0.717, 1.165) is 18.4 Å². The fourth-order valence-electron chi connectivity index (χ4n) is 3.68. The van der Waals surface area contributed by atoms with Gasteiger partial charge in [0.2, 0.25) is 0 Å². The number of carbonyl (C=O) groups excluding carboxylic acids is 2. The molecule has 0 amide bonds. The SMILES string of the molecule is CCCCOC(=O)CSC1=C(C#N)[C@H](c2ccccc2Cl)C(C(=O)OCC)=C(c2ccccc2)N1. The van der Waals surface area contributed by atoms with Gasteiger partial charge in [0.25, 0.3) is 0 Å². The van der Waals surface area contributed by atoms with E-state index in [9.17, 15) is 14.9 Å². The molecule has 8 heteroatoms. The van der Waals surface area contributed by atoms with Crippen molar-refractivity contribution in [2.24, 2.45) is 0 Å². The van der Waals surface area contributed by atoms with Crippen LogP contribution in [0.1, 0.15) is 43.7 Å². The molecule has 182 valence electrons. The molecule has 1 aliphatic rings. The number of dihydropyridines is 1. The Morgan fingerprint density at radius 1 is 1.09 bits per heavy atom. The Hall–Kier alpha value is -3.21. The van der Waals surface area contributed by atoms with Crippen molar-refractivity contribution >= 4 is 41.0 Å². The first-order valence-corrected chi connectivity index (χ1v) is 12.8. The van der Waals surface area contributed by atoms with E-state index >= 15 is 0 Å². The monoisotopic (exact) mass is 510 g/mol. The second-order valence-electron chi connectivity index (χ2n) is 7.67. The zero-order valence-corrected chi connectivity index (χ0v) is 21.2. The number of esters is 2. The first-order chi connectivity index (χ1) is 17.0. The van der Waals surface area contributed by atoms with Crippen LogP contribution in [0, 0.1) is 11.3 Å². The lowest BCUT2D eigenvalue weighted by Crippen LogP contribution is -2.29. The lowest BCUT2D eigenvalue weighted by atomic mass is 9.81. The van der Waals surface area contributed by atoms with Crippen molar-refractivity contribution in [1.82, 2.24) is 5.32 Å².